The van der Waals surface area contributed by atoms with Crippen molar-refractivity contribution in [3.8, 4) is 0 Å². The Morgan fingerprint density at radius 2 is 2.00 bits per heavy atom. The SMILES string of the molecule is CC(=O)[O-].CC1CCCC1=O.[Na+]. The number of Topliss-reactive ketones (excluding diaryl/α,β-unsaturated/α-hetero) is 1. The topological polar surface area (TPSA) is 57.2 Å². The van der Waals surface area contributed by atoms with E-state index < -0.39 is 5.97 Å². The van der Waals surface area contributed by atoms with Crippen molar-refractivity contribution in [3.05, 3.63) is 0 Å². The van der Waals surface area contributed by atoms with Crippen LogP contribution < -0.4 is 34.7 Å². The summed E-state index contributed by atoms with van der Waals surface area (Å²) in [5.41, 5.74) is 0. The molecule has 1 aliphatic carbocycles. The fourth-order valence-corrected chi connectivity index (χ4v) is 0.990. The van der Waals surface area contributed by atoms with Crippen molar-refractivity contribution in [2.24, 2.45) is 5.92 Å². The molecule has 0 aromatic carbocycles. The van der Waals surface area contributed by atoms with E-state index >= 15 is 0 Å². The summed E-state index contributed by atoms with van der Waals surface area (Å²) < 4.78 is 0. The number of carbonyl (C=O) groups excluding carboxylic acids is 2. The van der Waals surface area contributed by atoms with Crippen molar-refractivity contribution in [3.63, 3.8) is 0 Å². The summed E-state index contributed by atoms with van der Waals surface area (Å²) in [6.45, 7) is 2.98. The summed E-state index contributed by atoms with van der Waals surface area (Å²) in [7, 11) is 0. The number of carboxylic acid groups (broad SMARTS) is 1. The molecule has 0 saturated heterocycles. The van der Waals surface area contributed by atoms with Gasteiger partial charge in [0.05, 0.1) is 0 Å². The zero-order chi connectivity index (χ0) is 8.85. The third-order valence-corrected chi connectivity index (χ3v) is 1.61. The predicted octanol–water partition coefficient (Wildman–Crippen LogP) is -2.86. The van der Waals surface area contributed by atoms with Crippen molar-refractivity contribution in [1.82, 2.24) is 0 Å². The minimum absolute atomic E-state index is 0. The molecule has 64 valence electrons. The minimum Gasteiger partial charge on any atom is -0.550 e. The summed E-state index contributed by atoms with van der Waals surface area (Å²) >= 11 is 0. The summed E-state index contributed by atoms with van der Waals surface area (Å²) in [6, 6.07) is 0. The van der Waals surface area contributed by atoms with Gasteiger partial charge in [0.2, 0.25) is 0 Å². The van der Waals surface area contributed by atoms with Crippen LogP contribution in [0.15, 0.2) is 0 Å². The van der Waals surface area contributed by atoms with Crippen LogP contribution in [0.3, 0.4) is 0 Å². The molecular weight excluding hydrogens is 167 g/mol. The van der Waals surface area contributed by atoms with Gasteiger partial charge in [-0.25, -0.2) is 0 Å². The molecule has 1 saturated carbocycles. The monoisotopic (exact) mass is 180 g/mol. The van der Waals surface area contributed by atoms with Crippen LogP contribution in [-0.2, 0) is 9.59 Å². The minimum atomic E-state index is -1.08. The van der Waals surface area contributed by atoms with Crippen LogP contribution in [0.2, 0.25) is 0 Å². The Morgan fingerprint density at radius 1 is 1.58 bits per heavy atom. The molecule has 3 nitrogen and oxygen atoms in total. The zero-order valence-electron chi connectivity index (χ0n) is 7.92. The summed E-state index contributed by atoms with van der Waals surface area (Å²) in [5.74, 6) is -0.250. The number of carbonyl (C=O) groups is 2. The molecule has 4 heteroatoms. The van der Waals surface area contributed by atoms with Crippen molar-refractivity contribution >= 4 is 11.8 Å². The van der Waals surface area contributed by atoms with Crippen LogP contribution in [0.25, 0.3) is 0 Å². The van der Waals surface area contributed by atoms with Crippen molar-refractivity contribution in [2.45, 2.75) is 33.1 Å². The van der Waals surface area contributed by atoms with Crippen LogP contribution >= 0.6 is 0 Å². The van der Waals surface area contributed by atoms with Crippen LogP contribution in [0.1, 0.15) is 33.1 Å². The molecule has 12 heavy (non-hydrogen) atoms. The Kier molecular flexibility index (Phi) is 9.49. The third kappa shape index (κ3) is 8.24. The van der Waals surface area contributed by atoms with E-state index in [4.69, 9.17) is 9.90 Å². The molecule has 0 radical (unpaired) electrons. The van der Waals surface area contributed by atoms with Gasteiger partial charge in [-0.3, -0.25) is 4.79 Å². The number of hydrogen-bond donors (Lipinski definition) is 0. The summed E-state index contributed by atoms with van der Waals surface area (Å²) in [6.07, 6.45) is 3.08. The van der Waals surface area contributed by atoms with Crippen LogP contribution in [-0.4, -0.2) is 11.8 Å². The van der Waals surface area contributed by atoms with Crippen molar-refractivity contribution in [1.29, 1.82) is 0 Å². The molecule has 0 amide bonds. The summed E-state index contributed by atoms with van der Waals surface area (Å²) in [5, 5.41) is 8.89. The van der Waals surface area contributed by atoms with E-state index in [1.165, 1.54) is 0 Å². The Labute approximate surface area is 94.8 Å². The van der Waals surface area contributed by atoms with Gasteiger partial charge >= 0.3 is 29.6 Å². The average molecular weight is 180 g/mol. The van der Waals surface area contributed by atoms with Crippen LogP contribution in [0.5, 0.6) is 0 Å². The second kappa shape index (κ2) is 7.77. The normalized spacial score (nSPS) is 20.5. The first-order valence-electron chi connectivity index (χ1n) is 3.74. The first kappa shape index (κ1) is 14.7. The van der Waals surface area contributed by atoms with Gasteiger partial charge in [-0.05, 0) is 19.8 Å². The van der Waals surface area contributed by atoms with Gasteiger partial charge in [-0.1, -0.05) is 6.92 Å². The van der Waals surface area contributed by atoms with Gasteiger partial charge in [0.1, 0.15) is 5.78 Å². The molecular formula is C8H13NaO3. The molecule has 0 N–H and O–H groups in total. The van der Waals surface area contributed by atoms with Crippen molar-refractivity contribution in [2.75, 3.05) is 0 Å². The fourth-order valence-electron chi connectivity index (χ4n) is 0.990. The second-order valence-corrected chi connectivity index (χ2v) is 2.75. The molecule has 1 unspecified atom stereocenters. The smallest absolute Gasteiger partial charge is 0.550 e. The maximum Gasteiger partial charge on any atom is 1.00 e. The van der Waals surface area contributed by atoms with Gasteiger partial charge in [0.15, 0.2) is 0 Å². The maximum atomic E-state index is 10.6. The molecule has 1 atom stereocenters. The Morgan fingerprint density at radius 3 is 2.08 bits per heavy atom. The fraction of sp³-hybridized carbons (Fsp3) is 0.750. The maximum absolute atomic E-state index is 10.6. The molecule has 0 aromatic heterocycles. The third-order valence-electron chi connectivity index (χ3n) is 1.61. The van der Waals surface area contributed by atoms with Gasteiger partial charge in [0, 0.05) is 18.3 Å². The van der Waals surface area contributed by atoms with E-state index in [9.17, 15) is 4.79 Å². The van der Waals surface area contributed by atoms with Crippen molar-refractivity contribution < 1.29 is 44.3 Å². The Hall–Kier alpha value is 0.140. The molecule has 0 aromatic rings. The largest absolute Gasteiger partial charge is 1.00 e. The molecule has 1 aliphatic rings. The Bertz CT molecular complexity index is 152. The molecule has 0 aliphatic heterocycles. The molecule has 1 rings (SSSR count). The number of aliphatic carboxylic acids is 1. The number of rotatable bonds is 0. The first-order chi connectivity index (χ1) is 5.04. The van der Waals surface area contributed by atoms with E-state index in [-0.39, 0.29) is 29.6 Å². The summed E-state index contributed by atoms with van der Waals surface area (Å²) in [4.78, 5) is 19.5. The van der Waals surface area contributed by atoms with Gasteiger partial charge < -0.3 is 9.90 Å². The molecule has 0 spiro atoms. The van der Waals surface area contributed by atoms with E-state index in [0.29, 0.717) is 11.7 Å². The van der Waals surface area contributed by atoms with Gasteiger partial charge in [-0.15, -0.1) is 0 Å². The first-order valence-corrected chi connectivity index (χ1v) is 3.74. The number of hydrogen-bond acceptors (Lipinski definition) is 3. The van der Waals surface area contributed by atoms with E-state index in [2.05, 4.69) is 0 Å². The molecule has 1 fully saturated rings. The molecule has 0 bridgehead atoms. The van der Waals surface area contributed by atoms with E-state index in [1.54, 1.807) is 0 Å². The van der Waals surface area contributed by atoms with Crippen LogP contribution in [0.4, 0.5) is 0 Å². The van der Waals surface area contributed by atoms with Gasteiger partial charge in [0.25, 0.3) is 0 Å². The second-order valence-electron chi connectivity index (χ2n) is 2.75. The van der Waals surface area contributed by atoms with Gasteiger partial charge in [-0.2, -0.15) is 0 Å². The number of ketones is 1. The quantitative estimate of drug-likeness (QED) is 0.377. The average Bonchev–Trinajstić information content (AvgIpc) is 2.15. The van der Waals surface area contributed by atoms with Crippen LogP contribution in [0, 0.1) is 5.92 Å². The zero-order valence-corrected chi connectivity index (χ0v) is 9.92. The predicted molar refractivity (Wildman–Crippen MR) is 38.7 cm³/mol. The molecule has 0 heterocycles. The standard InChI is InChI=1S/C6H10O.C2H4O2.Na/c1-5-3-2-4-6(5)7;1-2(3)4;/h5H,2-4H2,1H3;1H3,(H,3,4);/q;;+1/p-1. The Balaban J connectivity index is 0. The number of carboxylic acids is 1. The van der Waals surface area contributed by atoms with E-state index in [0.717, 1.165) is 26.2 Å². The van der Waals surface area contributed by atoms with E-state index in [1.807, 2.05) is 6.92 Å².